The normalized spacial score (nSPS) is 19.2. The highest BCUT2D eigenvalue weighted by Gasteiger charge is 2.34. The smallest absolute Gasteiger partial charge is 0.348 e. The lowest BCUT2D eigenvalue weighted by atomic mass is 10.0. The van der Waals surface area contributed by atoms with Crippen molar-refractivity contribution in [3.8, 4) is 0 Å². The molecule has 1 aliphatic rings. The van der Waals surface area contributed by atoms with Crippen LogP contribution < -0.4 is 16.0 Å². The monoisotopic (exact) mass is 463 g/mol. The molecule has 2 atom stereocenters. The van der Waals surface area contributed by atoms with Gasteiger partial charge in [0.25, 0.3) is 11.8 Å². The van der Waals surface area contributed by atoms with E-state index in [4.69, 9.17) is 28.9 Å². The highest BCUT2D eigenvalue weighted by molar-refractivity contribution is 7.17. The molecule has 1 aliphatic heterocycles. The van der Waals surface area contributed by atoms with Crippen molar-refractivity contribution in [1.82, 2.24) is 15.3 Å². The molecule has 1 saturated heterocycles. The Morgan fingerprint density at radius 1 is 1.41 bits per heavy atom. The maximum atomic E-state index is 14.7. The van der Waals surface area contributed by atoms with Gasteiger partial charge in [0.15, 0.2) is 10.8 Å². The molecular formula is C16H16Cl2FN5O4S. The van der Waals surface area contributed by atoms with Crippen molar-refractivity contribution in [2.24, 2.45) is 5.73 Å². The van der Waals surface area contributed by atoms with Crippen molar-refractivity contribution >= 4 is 57.5 Å². The van der Waals surface area contributed by atoms with E-state index in [0.717, 1.165) is 11.3 Å². The molecule has 5 N–H and O–H groups in total. The van der Waals surface area contributed by atoms with Crippen LogP contribution in [0.15, 0.2) is 0 Å². The maximum Gasteiger partial charge on any atom is 0.348 e. The average molecular weight is 464 g/mol. The second kappa shape index (κ2) is 8.17. The summed E-state index contributed by atoms with van der Waals surface area (Å²) in [6, 6.07) is -0.785. The number of primary amides is 1. The molecule has 2 aromatic rings. The van der Waals surface area contributed by atoms with Gasteiger partial charge in [0, 0.05) is 12.1 Å². The van der Waals surface area contributed by atoms with Gasteiger partial charge in [-0.2, -0.15) is 0 Å². The molecule has 0 aliphatic carbocycles. The minimum atomic E-state index is -1.47. The molecule has 156 valence electrons. The second-order valence-electron chi connectivity index (χ2n) is 6.43. The Hall–Kier alpha value is -2.37. The molecule has 1 unspecified atom stereocenters. The van der Waals surface area contributed by atoms with Crippen molar-refractivity contribution in [1.29, 1.82) is 0 Å². The molecule has 0 spiro atoms. The van der Waals surface area contributed by atoms with Crippen molar-refractivity contribution in [3.05, 3.63) is 32.0 Å². The first-order valence-corrected chi connectivity index (χ1v) is 9.94. The first kappa shape index (κ1) is 21.3. The van der Waals surface area contributed by atoms with E-state index in [-0.39, 0.29) is 51.1 Å². The summed E-state index contributed by atoms with van der Waals surface area (Å²) in [5.74, 6) is -2.89. The summed E-state index contributed by atoms with van der Waals surface area (Å²) in [5, 5.41) is 12.3. The SMILES string of the molecule is Cc1c(Cl)[nH]c(C(=O)NC2CCN(c3nc(C(N)=O)c(C(=O)O)s3)C[C@@H]2F)c1Cl. The summed E-state index contributed by atoms with van der Waals surface area (Å²) < 4.78 is 14.7. The van der Waals surface area contributed by atoms with Crippen LogP contribution in [0, 0.1) is 6.92 Å². The van der Waals surface area contributed by atoms with Crippen LogP contribution in [-0.2, 0) is 0 Å². The van der Waals surface area contributed by atoms with Crippen LogP contribution >= 0.6 is 34.5 Å². The molecular weight excluding hydrogens is 448 g/mol. The van der Waals surface area contributed by atoms with Crippen LogP contribution in [0.1, 0.15) is 42.6 Å². The lowest BCUT2D eigenvalue weighted by molar-refractivity contribution is 0.0696. The number of aromatic carboxylic acids is 1. The summed E-state index contributed by atoms with van der Waals surface area (Å²) >= 11 is 12.7. The molecule has 3 heterocycles. The molecule has 0 aromatic carbocycles. The fourth-order valence-corrected chi connectivity index (χ4v) is 4.35. The van der Waals surface area contributed by atoms with E-state index in [1.54, 1.807) is 6.92 Å². The number of carboxylic acids is 1. The van der Waals surface area contributed by atoms with Crippen LogP contribution in [0.5, 0.6) is 0 Å². The van der Waals surface area contributed by atoms with Gasteiger partial charge in [-0.05, 0) is 13.3 Å². The third-order valence-electron chi connectivity index (χ3n) is 4.51. The molecule has 29 heavy (non-hydrogen) atoms. The fourth-order valence-electron chi connectivity index (χ4n) is 2.94. The molecule has 13 heteroatoms. The second-order valence-corrected chi connectivity index (χ2v) is 8.16. The third-order valence-corrected chi connectivity index (χ3v) is 6.47. The zero-order valence-corrected chi connectivity index (χ0v) is 17.3. The molecule has 1 fully saturated rings. The van der Waals surface area contributed by atoms with E-state index in [1.165, 1.54) is 4.90 Å². The first-order valence-electron chi connectivity index (χ1n) is 8.37. The molecule has 2 amide bonds. The van der Waals surface area contributed by atoms with Crippen molar-refractivity contribution in [2.75, 3.05) is 18.0 Å². The van der Waals surface area contributed by atoms with E-state index < -0.39 is 30.0 Å². The summed E-state index contributed by atoms with van der Waals surface area (Å²) in [6.45, 7) is 1.79. The number of alkyl halides is 1. The van der Waals surface area contributed by atoms with Crippen molar-refractivity contribution in [3.63, 3.8) is 0 Å². The Morgan fingerprint density at radius 3 is 2.59 bits per heavy atom. The molecule has 9 nitrogen and oxygen atoms in total. The zero-order valence-electron chi connectivity index (χ0n) is 15.0. The maximum absolute atomic E-state index is 14.7. The number of nitrogens with two attached hydrogens (primary N) is 1. The predicted molar refractivity (Wildman–Crippen MR) is 106 cm³/mol. The van der Waals surface area contributed by atoms with Gasteiger partial charge in [-0.3, -0.25) is 9.59 Å². The number of aromatic amines is 1. The summed E-state index contributed by atoms with van der Waals surface area (Å²) in [4.78, 5) is 42.9. The number of carboxylic acid groups (broad SMARTS) is 1. The first-order chi connectivity index (χ1) is 13.6. The minimum Gasteiger partial charge on any atom is -0.477 e. The summed E-state index contributed by atoms with van der Waals surface area (Å²) in [7, 11) is 0. The molecule has 0 saturated carbocycles. The molecule has 3 rings (SSSR count). The van der Waals surface area contributed by atoms with Crippen LogP contribution in [0.2, 0.25) is 10.2 Å². The minimum absolute atomic E-state index is 0.0564. The van der Waals surface area contributed by atoms with E-state index in [0.29, 0.717) is 5.56 Å². The number of carbonyl (C=O) groups is 3. The van der Waals surface area contributed by atoms with Crippen LogP contribution in [-0.4, -0.2) is 58.2 Å². The van der Waals surface area contributed by atoms with E-state index in [9.17, 15) is 23.9 Å². The molecule has 2 aromatic heterocycles. The number of halogens is 3. The molecule has 0 radical (unpaired) electrons. The number of hydrogen-bond acceptors (Lipinski definition) is 6. The number of anilines is 1. The zero-order chi connectivity index (χ0) is 21.5. The number of amides is 2. The number of rotatable bonds is 5. The number of aromatic nitrogens is 2. The van der Waals surface area contributed by atoms with Gasteiger partial charge in [0.1, 0.15) is 21.9 Å². The third kappa shape index (κ3) is 4.16. The largest absolute Gasteiger partial charge is 0.477 e. The highest BCUT2D eigenvalue weighted by Crippen LogP contribution is 2.30. The number of hydrogen-bond donors (Lipinski definition) is 4. The Kier molecular flexibility index (Phi) is 6.01. The molecule has 0 bridgehead atoms. The van der Waals surface area contributed by atoms with Gasteiger partial charge >= 0.3 is 5.97 Å². The van der Waals surface area contributed by atoms with Crippen molar-refractivity contribution < 1.29 is 23.9 Å². The van der Waals surface area contributed by atoms with Gasteiger partial charge < -0.3 is 26.0 Å². The predicted octanol–water partition coefficient (Wildman–Crippen LogP) is 2.23. The van der Waals surface area contributed by atoms with E-state index in [1.807, 2.05) is 0 Å². The Labute approximate surface area is 178 Å². The number of piperidine rings is 1. The number of thiazole rings is 1. The van der Waals surface area contributed by atoms with Gasteiger partial charge in [-0.1, -0.05) is 34.5 Å². The van der Waals surface area contributed by atoms with E-state index >= 15 is 0 Å². The Bertz CT molecular complexity index is 963. The number of nitrogens with zero attached hydrogens (tertiary/aromatic N) is 2. The van der Waals surface area contributed by atoms with Crippen molar-refractivity contribution in [2.45, 2.75) is 25.6 Å². The quantitative estimate of drug-likeness (QED) is 0.535. The van der Waals surface area contributed by atoms with Gasteiger partial charge in [-0.15, -0.1) is 0 Å². The topological polar surface area (TPSA) is 141 Å². The van der Waals surface area contributed by atoms with E-state index in [2.05, 4.69) is 15.3 Å². The Balaban J connectivity index is 1.70. The van der Waals surface area contributed by atoms with Crippen LogP contribution in [0.4, 0.5) is 9.52 Å². The van der Waals surface area contributed by atoms with Gasteiger partial charge in [-0.25, -0.2) is 14.2 Å². The van der Waals surface area contributed by atoms with Gasteiger partial charge in [0.2, 0.25) is 0 Å². The highest BCUT2D eigenvalue weighted by atomic mass is 35.5. The number of carbonyl (C=O) groups excluding carboxylic acids is 2. The fraction of sp³-hybridized carbons (Fsp3) is 0.375. The van der Waals surface area contributed by atoms with Crippen LogP contribution in [0.3, 0.4) is 0 Å². The van der Waals surface area contributed by atoms with Crippen LogP contribution in [0.25, 0.3) is 0 Å². The van der Waals surface area contributed by atoms with Gasteiger partial charge in [0.05, 0.1) is 17.6 Å². The Morgan fingerprint density at radius 2 is 2.10 bits per heavy atom. The lowest BCUT2D eigenvalue weighted by Gasteiger charge is -2.34. The summed E-state index contributed by atoms with van der Waals surface area (Å²) in [6.07, 6.45) is -1.24. The number of nitrogens with one attached hydrogen (secondary N) is 2. The lowest BCUT2D eigenvalue weighted by Crippen LogP contribution is -2.52. The number of H-pyrrole nitrogens is 1. The standard InChI is InChI=1S/C16H16Cl2FN5O4S/c1-5-8(17)9(22-12(5)18)14(26)21-7-2-3-24(4-6(7)19)16-23-10(13(20)25)11(29-16)15(27)28/h6-7,22H,2-4H2,1H3,(H2,20,25)(H,21,26)(H,27,28)/t6-,7?/m0/s1. The average Bonchev–Trinajstić information content (AvgIpc) is 3.21. The summed E-state index contributed by atoms with van der Waals surface area (Å²) in [5.41, 5.74) is 5.37.